The van der Waals surface area contributed by atoms with Crippen LogP contribution in [0.5, 0.6) is 0 Å². The molecule has 2 fully saturated rings. The van der Waals surface area contributed by atoms with Crippen LogP contribution in [0.4, 0.5) is 0 Å². The molecule has 0 spiro atoms. The molecule has 3 unspecified atom stereocenters. The summed E-state index contributed by atoms with van der Waals surface area (Å²) >= 11 is 0. The van der Waals surface area contributed by atoms with E-state index in [2.05, 4.69) is 37.9 Å². The van der Waals surface area contributed by atoms with Crippen molar-refractivity contribution in [3.63, 3.8) is 0 Å². The van der Waals surface area contributed by atoms with Crippen LogP contribution in [0.1, 0.15) is 59.8 Å². The van der Waals surface area contributed by atoms with Crippen molar-refractivity contribution < 1.29 is 4.74 Å². The van der Waals surface area contributed by atoms with Gasteiger partial charge in [-0.25, -0.2) is 0 Å². The van der Waals surface area contributed by atoms with E-state index in [4.69, 9.17) is 4.74 Å². The zero-order valence-corrected chi connectivity index (χ0v) is 14.0. The zero-order valence-electron chi connectivity index (χ0n) is 14.0. The lowest BCUT2D eigenvalue weighted by Gasteiger charge is -2.35. The molecule has 20 heavy (non-hydrogen) atoms. The summed E-state index contributed by atoms with van der Waals surface area (Å²) in [7, 11) is 0. The maximum atomic E-state index is 5.78. The molecule has 0 radical (unpaired) electrons. The molecule has 1 aliphatic carbocycles. The van der Waals surface area contributed by atoms with Crippen molar-refractivity contribution in [3.05, 3.63) is 0 Å². The highest BCUT2D eigenvalue weighted by atomic mass is 16.5. The first-order valence-corrected chi connectivity index (χ1v) is 8.58. The molecule has 0 amide bonds. The normalized spacial score (nSPS) is 34.5. The van der Waals surface area contributed by atoms with E-state index in [0.717, 1.165) is 19.1 Å². The minimum atomic E-state index is 0.399. The maximum Gasteiger partial charge on any atom is 0.0678 e. The van der Waals surface area contributed by atoms with E-state index in [9.17, 15) is 0 Å². The maximum absolute atomic E-state index is 5.78. The van der Waals surface area contributed by atoms with Gasteiger partial charge in [0.1, 0.15) is 0 Å². The second kappa shape index (κ2) is 7.24. The van der Waals surface area contributed by atoms with Crippen molar-refractivity contribution in [2.75, 3.05) is 26.2 Å². The fourth-order valence-electron chi connectivity index (χ4n) is 3.91. The molecule has 3 heteroatoms. The molecule has 1 heterocycles. The first-order chi connectivity index (χ1) is 9.47. The standard InChI is InChI=1S/C17H34N2O/c1-14-12-19(13-15(2)20-14)11-6-5-10-18-16-8-7-9-17(16,3)4/h14-16,18H,5-13H2,1-4H3. The van der Waals surface area contributed by atoms with Crippen LogP contribution in [0.25, 0.3) is 0 Å². The van der Waals surface area contributed by atoms with Gasteiger partial charge in [0.25, 0.3) is 0 Å². The number of nitrogens with one attached hydrogen (secondary N) is 1. The smallest absolute Gasteiger partial charge is 0.0678 e. The van der Waals surface area contributed by atoms with Crippen molar-refractivity contribution in [1.29, 1.82) is 0 Å². The summed E-state index contributed by atoms with van der Waals surface area (Å²) in [5.41, 5.74) is 0.509. The Morgan fingerprint density at radius 3 is 2.45 bits per heavy atom. The molecular formula is C17H34N2O. The summed E-state index contributed by atoms with van der Waals surface area (Å²) in [6.45, 7) is 13.8. The fraction of sp³-hybridized carbons (Fsp3) is 1.00. The number of hydrogen-bond acceptors (Lipinski definition) is 3. The highest BCUT2D eigenvalue weighted by molar-refractivity contribution is 4.89. The van der Waals surface area contributed by atoms with Gasteiger partial charge in [0.05, 0.1) is 12.2 Å². The molecule has 1 aliphatic heterocycles. The molecule has 1 saturated carbocycles. The summed E-state index contributed by atoms with van der Waals surface area (Å²) in [5.74, 6) is 0. The molecule has 3 atom stereocenters. The average molecular weight is 282 g/mol. The lowest BCUT2D eigenvalue weighted by atomic mass is 9.87. The summed E-state index contributed by atoms with van der Waals surface area (Å²) in [4.78, 5) is 2.57. The Kier molecular flexibility index (Phi) is 5.88. The molecule has 0 aromatic heterocycles. The van der Waals surface area contributed by atoms with Crippen LogP contribution >= 0.6 is 0 Å². The van der Waals surface area contributed by atoms with Gasteiger partial charge in [0.15, 0.2) is 0 Å². The lowest BCUT2D eigenvalue weighted by Crippen LogP contribution is -2.45. The third-order valence-corrected chi connectivity index (χ3v) is 5.04. The van der Waals surface area contributed by atoms with Gasteiger partial charge in [-0.3, -0.25) is 4.90 Å². The van der Waals surface area contributed by atoms with E-state index in [0.29, 0.717) is 17.6 Å². The first kappa shape index (κ1) is 16.3. The highest BCUT2D eigenvalue weighted by Crippen LogP contribution is 2.37. The van der Waals surface area contributed by atoms with E-state index in [-0.39, 0.29) is 0 Å². The number of hydrogen-bond donors (Lipinski definition) is 1. The van der Waals surface area contributed by atoms with E-state index in [1.807, 2.05) is 0 Å². The Labute approximate surface area is 125 Å². The topological polar surface area (TPSA) is 24.5 Å². The highest BCUT2D eigenvalue weighted by Gasteiger charge is 2.33. The Morgan fingerprint density at radius 1 is 1.15 bits per heavy atom. The third kappa shape index (κ3) is 4.71. The molecule has 118 valence electrons. The number of morpholine rings is 1. The molecule has 2 aliphatic rings. The summed E-state index contributed by atoms with van der Waals surface area (Å²) < 4.78 is 5.78. The Hall–Kier alpha value is -0.120. The second-order valence-electron chi connectivity index (χ2n) is 7.61. The van der Waals surface area contributed by atoms with Gasteiger partial charge >= 0.3 is 0 Å². The monoisotopic (exact) mass is 282 g/mol. The summed E-state index contributed by atoms with van der Waals surface area (Å²) in [6, 6.07) is 0.742. The molecule has 2 rings (SSSR count). The third-order valence-electron chi connectivity index (χ3n) is 5.04. The zero-order chi connectivity index (χ0) is 14.6. The van der Waals surface area contributed by atoms with Crippen molar-refractivity contribution in [2.45, 2.75) is 78.0 Å². The van der Waals surface area contributed by atoms with Crippen LogP contribution in [0.3, 0.4) is 0 Å². The molecule has 0 aromatic carbocycles. The predicted octanol–water partition coefficient (Wildman–Crippen LogP) is 3.04. The van der Waals surface area contributed by atoms with Crippen LogP contribution in [0.2, 0.25) is 0 Å². The fourth-order valence-corrected chi connectivity index (χ4v) is 3.91. The molecule has 0 bridgehead atoms. The van der Waals surface area contributed by atoms with Gasteiger partial charge in [0.2, 0.25) is 0 Å². The van der Waals surface area contributed by atoms with Gasteiger partial charge in [-0.2, -0.15) is 0 Å². The molecular weight excluding hydrogens is 248 g/mol. The number of rotatable bonds is 6. The quantitative estimate of drug-likeness (QED) is 0.758. The second-order valence-corrected chi connectivity index (χ2v) is 7.61. The van der Waals surface area contributed by atoms with Crippen molar-refractivity contribution in [1.82, 2.24) is 10.2 Å². The van der Waals surface area contributed by atoms with Gasteiger partial charge in [-0.1, -0.05) is 20.3 Å². The Balaban J connectivity index is 1.55. The van der Waals surface area contributed by atoms with E-state index >= 15 is 0 Å². The summed E-state index contributed by atoms with van der Waals surface area (Å²) in [5, 5.41) is 3.78. The molecule has 3 nitrogen and oxygen atoms in total. The van der Waals surface area contributed by atoms with Gasteiger partial charge < -0.3 is 10.1 Å². The SMILES string of the molecule is CC1CN(CCCCNC2CCCC2(C)C)CC(C)O1. The van der Waals surface area contributed by atoms with E-state index in [1.54, 1.807) is 0 Å². The largest absolute Gasteiger partial charge is 0.373 e. The number of nitrogens with zero attached hydrogens (tertiary/aromatic N) is 1. The van der Waals surface area contributed by atoms with Crippen LogP contribution in [-0.4, -0.2) is 49.3 Å². The van der Waals surface area contributed by atoms with Gasteiger partial charge in [-0.05, 0) is 58.0 Å². The van der Waals surface area contributed by atoms with Crippen molar-refractivity contribution >= 4 is 0 Å². The predicted molar refractivity (Wildman–Crippen MR) is 85.1 cm³/mol. The summed E-state index contributed by atoms with van der Waals surface area (Å²) in [6.07, 6.45) is 7.55. The lowest BCUT2D eigenvalue weighted by molar-refractivity contribution is -0.0681. The average Bonchev–Trinajstić information content (AvgIpc) is 2.67. The number of unbranched alkanes of at least 4 members (excludes halogenated alkanes) is 1. The van der Waals surface area contributed by atoms with Crippen molar-refractivity contribution in [3.8, 4) is 0 Å². The van der Waals surface area contributed by atoms with Crippen molar-refractivity contribution in [2.24, 2.45) is 5.41 Å². The van der Waals surface area contributed by atoms with Crippen LogP contribution < -0.4 is 5.32 Å². The van der Waals surface area contributed by atoms with Gasteiger partial charge in [0, 0.05) is 19.1 Å². The number of ether oxygens (including phenoxy) is 1. The molecule has 1 N–H and O–H groups in total. The van der Waals surface area contributed by atoms with E-state index in [1.165, 1.54) is 45.2 Å². The Bertz CT molecular complexity index is 283. The minimum absolute atomic E-state index is 0.399. The minimum Gasteiger partial charge on any atom is -0.373 e. The van der Waals surface area contributed by atoms with Crippen LogP contribution in [0.15, 0.2) is 0 Å². The molecule has 1 saturated heterocycles. The van der Waals surface area contributed by atoms with Gasteiger partial charge in [-0.15, -0.1) is 0 Å². The van der Waals surface area contributed by atoms with Crippen LogP contribution in [0, 0.1) is 5.41 Å². The first-order valence-electron chi connectivity index (χ1n) is 8.58. The Morgan fingerprint density at radius 2 is 1.85 bits per heavy atom. The molecule has 0 aromatic rings. The van der Waals surface area contributed by atoms with Crippen LogP contribution in [-0.2, 0) is 4.74 Å². The van der Waals surface area contributed by atoms with E-state index < -0.39 is 0 Å².